The standard InChI is InChI=1S/C2H4O2.2Ce.H3O4P/c1-2(3)4;;;1-5(2,3)4/h1H3,(H,3,4);;;(H3,1,2,3,4)/q;2*+3;/p-4. The third-order valence-electron chi connectivity index (χ3n) is 0. The predicted octanol–water partition coefficient (Wildman–Crippen LogP) is -4.07. The van der Waals surface area contributed by atoms with Crippen molar-refractivity contribution in [2.24, 2.45) is 0 Å². The Balaban J connectivity index is -0.0000000383. The second-order valence-corrected chi connectivity index (χ2v) is 1.83. The number of hydrogen-bond acceptors (Lipinski definition) is 6. The zero-order valence-electron chi connectivity index (χ0n) is 5.40. The average molecular weight is 434 g/mol. The van der Waals surface area contributed by atoms with Gasteiger partial charge < -0.3 is 29.1 Å². The summed E-state index contributed by atoms with van der Waals surface area (Å²) in [6, 6.07) is 0. The summed E-state index contributed by atoms with van der Waals surface area (Å²) in [6.45, 7) is 0.972. The van der Waals surface area contributed by atoms with Crippen molar-refractivity contribution < 1.29 is 113 Å². The molecule has 58 valence electrons. The van der Waals surface area contributed by atoms with E-state index >= 15 is 0 Å². The Morgan fingerprint density at radius 3 is 1.18 bits per heavy atom. The van der Waals surface area contributed by atoms with Crippen molar-refractivity contribution in [1.29, 1.82) is 0 Å². The molecule has 0 N–H and O–H groups in total. The zero-order valence-corrected chi connectivity index (χ0v) is 12.6. The summed E-state index contributed by atoms with van der Waals surface area (Å²) >= 11 is 0. The Hall–Kier alpha value is 2.33. The van der Waals surface area contributed by atoms with Crippen molar-refractivity contribution in [2.45, 2.75) is 6.92 Å². The molecule has 11 heavy (non-hydrogen) atoms. The number of carbonyl (C=O) groups excluding carboxylic acids is 1. The normalized spacial score (nSPS) is 7.64. The van der Waals surface area contributed by atoms with E-state index in [9.17, 15) is 0 Å². The number of carboxylic acids is 1. The molecule has 9 heteroatoms. The Kier molecular flexibility index (Phi) is 26.1. The molecule has 0 aromatic carbocycles. The van der Waals surface area contributed by atoms with Gasteiger partial charge in [-0.1, -0.05) is 0 Å². The molecule has 0 amide bonds. The number of hydrogen-bond donors (Lipinski definition) is 0. The van der Waals surface area contributed by atoms with Crippen LogP contribution in [-0.2, 0) is 9.36 Å². The molecule has 0 saturated carbocycles. The first-order valence-electron chi connectivity index (χ1n) is 1.64. The monoisotopic (exact) mass is 434 g/mol. The van der Waals surface area contributed by atoms with Gasteiger partial charge in [0, 0.05) is 5.97 Å². The van der Waals surface area contributed by atoms with Crippen LogP contribution >= 0.6 is 7.82 Å². The summed E-state index contributed by atoms with van der Waals surface area (Å²) in [5.41, 5.74) is 0. The maximum atomic E-state index is 8.89. The van der Waals surface area contributed by atoms with Crippen molar-refractivity contribution in [1.82, 2.24) is 0 Å². The maximum Gasteiger partial charge on any atom is 3.00 e. The number of phosphoric acid groups is 1. The Labute approximate surface area is 131 Å². The number of rotatable bonds is 0. The van der Waals surface area contributed by atoms with E-state index in [-0.39, 0.29) is 83.5 Å². The van der Waals surface area contributed by atoms with Crippen LogP contribution in [0, 0.1) is 83.5 Å². The minimum Gasteiger partial charge on any atom is -0.822 e. The molecule has 0 heterocycles. The van der Waals surface area contributed by atoms with Crippen LogP contribution in [0.3, 0.4) is 0 Å². The van der Waals surface area contributed by atoms with Crippen LogP contribution in [0.25, 0.3) is 0 Å². The minimum absolute atomic E-state index is 0. The first-order chi connectivity index (χ1) is 3.73. The summed E-state index contributed by atoms with van der Waals surface area (Å²) in [7, 11) is -5.39. The molecule has 0 aromatic rings. The third-order valence-corrected chi connectivity index (χ3v) is 0. The quantitative estimate of drug-likeness (QED) is 0.357. The Morgan fingerprint density at radius 2 is 1.18 bits per heavy atom. The summed E-state index contributed by atoms with van der Waals surface area (Å²) in [5, 5.41) is 8.89. The number of aliphatic carboxylic acids is 1. The zero-order chi connectivity index (χ0) is 8.08. The van der Waals surface area contributed by atoms with Crippen LogP contribution in [-0.4, -0.2) is 5.97 Å². The summed E-state index contributed by atoms with van der Waals surface area (Å²) in [5.74, 6) is -1.08. The summed E-state index contributed by atoms with van der Waals surface area (Å²) < 4.78 is 8.55. The van der Waals surface area contributed by atoms with Crippen molar-refractivity contribution in [3.63, 3.8) is 0 Å². The molecule has 0 saturated heterocycles. The van der Waals surface area contributed by atoms with Crippen molar-refractivity contribution in [3.05, 3.63) is 0 Å². The molecule has 0 aliphatic carbocycles. The number of carbonyl (C=O) groups is 1. The van der Waals surface area contributed by atoms with Gasteiger partial charge in [0.25, 0.3) is 0 Å². The van der Waals surface area contributed by atoms with Crippen LogP contribution in [0.15, 0.2) is 0 Å². The fraction of sp³-hybridized carbons (Fsp3) is 0.500. The van der Waals surface area contributed by atoms with Crippen LogP contribution < -0.4 is 19.8 Å². The van der Waals surface area contributed by atoms with Gasteiger partial charge in [-0.2, -0.15) is 7.82 Å². The largest absolute Gasteiger partial charge is 3.00 e. The molecular formula is C2H3Ce2O6P+2. The molecule has 0 aliphatic rings. The van der Waals surface area contributed by atoms with Gasteiger partial charge in [-0.15, -0.1) is 0 Å². The van der Waals surface area contributed by atoms with E-state index in [4.69, 9.17) is 29.1 Å². The Morgan fingerprint density at radius 1 is 1.18 bits per heavy atom. The second kappa shape index (κ2) is 12.3. The molecular weight excluding hydrogens is 431 g/mol. The molecule has 2 radical (unpaired) electrons. The van der Waals surface area contributed by atoms with Gasteiger partial charge in [0.2, 0.25) is 0 Å². The molecule has 0 fully saturated rings. The minimum atomic E-state index is -5.39. The van der Waals surface area contributed by atoms with E-state index in [0.717, 1.165) is 6.92 Å². The van der Waals surface area contributed by atoms with Gasteiger partial charge in [-0.3, -0.25) is 0 Å². The molecule has 0 atom stereocenters. The Bertz CT molecular complexity index is 118. The average Bonchev–Trinajstić information content (AvgIpc) is 1.19. The van der Waals surface area contributed by atoms with Gasteiger partial charge in [-0.05, 0) is 6.92 Å². The number of carboxylic acid groups (broad SMARTS) is 1. The molecule has 0 bridgehead atoms. The molecule has 0 aromatic heterocycles. The predicted molar refractivity (Wildman–Crippen MR) is 18.3 cm³/mol. The van der Waals surface area contributed by atoms with Crippen LogP contribution in [0.5, 0.6) is 0 Å². The van der Waals surface area contributed by atoms with Crippen molar-refractivity contribution in [2.75, 3.05) is 0 Å². The molecule has 0 rings (SSSR count). The van der Waals surface area contributed by atoms with Gasteiger partial charge in [0.05, 0.1) is 0 Å². The molecule has 0 aliphatic heterocycles. The van der Waals surface area contributed by atoms with E-state index in [1.165, 1.54) is 0 Å². The maximum absolute atomic E-state index is 8.89. The van der Waals surface area contributed by atoms with Gasteiger partial charge in [0.1, 0.15) is 0 Å². The van der Waals surface area contributed by atoms with Crippen LogP contribution in [0.2, 0.25) is 0 Å². The molecule has 0 unspecified atom stereocenters. The molecule has 0 spiro atoms. The SMILES string of the molecule is CC(=O)[O-].O=P([O-])([O-])[O-].[Ce+3].[Ce+3]. The summed E-state index contributed by atoms with van der Waals surface area (Å²) in [6.07, 6.45) is 0. The van der Waals surface area contributed by atoms with E-state index in [1.807, 2.05) is 0 Å². The first-order valence-corrected chi connectivity index (χ1v) is 3.10. The topological polar surface area (TPSA) is 126 Å². The van der Waals surface area contributed by atoms with Crippen LogP contribution in [0.4, 0.5) is 0 Å². The van der Waals surface area contributed by atoms with E-state index in [0.29, 0.717) is 0 Å². The van der Waals surface area contributed by atoms with E-state index < -0.39 is 13.8 Å². The van der Waals surface area contributed by atoms with Gasteiger partial charge in [0.15, 0.2) is 0 Å². The molecule has 6 nitrogen and oxygen atoms in total. The van der Waals surface area contributed by atoms with Gasteiger partial charge >= 0.3 is 83.5 Å². The second-order valence-electron chi connectivity index (χ2n) is 0.939. The summed E-state index contributed by atoms with van der Waals surface area (Å²) in [4.78, 5) is 34.5. The van der Waals surface area contributed by atoms with Crippen LogP contribution in [0.1, 0.15) is 6.92 Å². The smallest absolute Gasteiger partial charge is 0.822 e. The third kappa shape index (κ3) is 242. The van der Waals surface area contributed by atoms with E-state index in [2.05, 4.69) is 0 Å². The van der Waals surface area contributed by atoms with E-state index in [1.54, 1.807) is 0 Å². The fourth-order valence-electron chi connectivity index (χ4n) is 0. The first kappa shape index (κ1) is 23.3. The van der Waals surface area contributed by atoms with Crippen molar-refractivity contribution in [3.8, 4) is 0 Å². The van der Waals surface area contributed by atoms with Crippen molar-refractivity contribution >= 4 is 13.8 Å². The van der Waals surface area contributed by atoms with Gasteiger partial charge in [-0.25, -0.2) is 0 Å². The fourth-order valence-corrected chi connectivity index (χ4v) is 0.